The Morgan fingerprint density at radius 1 is 1.28 bits per heavy atom. The number of hydrogen-bond acceptors (Lipinski definition) is 5. The van der Waals surface area contributed by atoms with E-state index in [1.54, 1.807) is 29.2 Å². The third-order valence-corrected chi connectivity index (χ3v) is 5.68. The molecule has 9 heteroatoms. The van der Waals surface area contributed by atoms with Gasteiger partial charge in [0.1, 0.15) is 0 Å². The largest absolute Gasteiger partial charge is 0.439 e. The zero-order valence-corrected chi connectivity index (χ0v) is 17.0. The molecule has 148 valence electrons. The van der Waals surface area contributed by atoms with Gasteiger partial charge in [-0.1, -0.05) is 33.2 Å². The fourth-order valence-electron chi connectivity index (χ4n) is 3.27. The van der Waals surface area contributed by atoms with Gasteiger partial charge < -0.3 is 10.2 Å². The molecule has 0 spiro atoms. The molecule has 1 aromatic heterocycles. The lowest BCUT2D eigenvalue weighted by Crippen LogP contribution is -2.28. The van der Waals surface area contributed by atoms with Crippen LogP contribution in [0.15, 0.2) is 56.3 Å². The lowest BCUT2D eigenvalue weighted by Gasteiger charge is -2.18. The van der Waals surface area contributed by atoms with Crippen LogP contribution in [0.25, 0.3) is 11.4 Å². The van der Waals surface area contributed by atoms with E-state index in [0.29, 0.717) is 17.8 Å². The van der Waals surface area contributed by atoms with Crippen LogP contribution in [0.2, 0.25) is 0 Å². The van der Waals surface area contributed by atoms with Crippen LogP contribution in [0, 0.1) is 12.8 Å². The fourth-order valence-corrected chi connectivity index (χ4v) is 3.52. The summed E-state index contributed by atoms with van der Waals surface area (Å²) >= 11 is 3.45. The first-order chi connectivity index (χ1) is 13.9. The van der Waals surface area contributed by atoms with Crippen molar-refractivity contribution in [1.82, 2.24) is 10.1 Å². The number of aromatic amines is 1. The fraction of sp³-hybridized carbons (Fsp3) is 0.200. The summed E-state index contributed by atoms with van der Waals surface area (Å²) in [6, 6.07) is 12.5. The van der Waals surface area contributed by atoms with Crippen LogP contribution in [-0.4, -0.2) is 28.5 Å². The van der Waals surface area contributed by atoms with Gasteiger partial charge in [-0.2, -0.15) is 0 Å². The van der Waals surface area contributed by atoms with Crippen LogP contribution in [0.4, 0.5) is 11.4 Å². The van der Waals surface area contributed by atoms with E-state index in [1.807, 2.05) is 25.1 Å². The molecule has 2 N–H and O–H groups in total. The van der Waals surface area contributed by atoms with Gasteiger partial charge in [0.05, 0.1) is 5.92 Å². The number of amides is 2. The lowest BCUT2D eigenvalue weighted by atomic mass is 10.1. The van der Waals surface area contributed by atoms with Gasteiger partial charge in [-0.05, 0) is 42.8 Å². The van der Waals surface area contributed by atoms with Crippen molar-refractivity contribution in [3.63, 3.8) is 0 Å². The molecule has 1 unspecified atom stereocenters. The van der Waals surface area contributed by atoms with E-state index in [1.165, 1.54) is 0 Å². The van der Waals surface area contributed by atoms with Crippen molar-refractivity contribution in [1.29, 1.82) is 0 Å². The Balaban J connectivity index is 1.47. The molecule has 2 amide bonds. The summed E-state index contributed by atoms with van der Waals surface area (Å²) in [5.41, 5.74) is 2.94. The van der Waals surface area contributed by atoms with E-state index in [0.717, 1.165) is 15.7 Å². The summed E-state index contributed by atoms with van der Waals surface area (Å²) in [5.74, 6) is -1.15. The molecule has 8 nitrogen and oxygen atoms in total. The summed E-state index contributed by atoms with van der Waals surface area (Å²) in [4.78, 5) is 40.4. The number of nitrogens with zero attached hydrogens (tertiary/aromatic N) is 2. The molecule has 1 atom stereocenters. The Labute approximate surface area is 174 Å². The van der Waals surface area contributed by atoms with Crippen molar-refractivity contribution in [2.75, 3.05) is 16.8 Å². The number of H-pyrrole nitrogens is 1. The van der Waals surface area contributed by atoms with Crippen LogP contribution in [-0.2, 0) is 9.59 Å². The summed E-state index contributed by atoms with van der Waals surface area (Å²) < 4.78 is 5.48. The highest BCUT2D eigenvalue weighted by Crippen LogP contribution is 2.29. The number of hydrogen-bond donors (Lipinski definition) is 2. The number of benzene rings is 2. The number of halogens is 1. The van der Waals surface area contributed by atoms with Crippen LogP contribution >= 0.6 is 15.9 Å². The number of anilines is 2. The highest BCUT2D eigenvalue weighted by Gasteiger charge is 2.35. The lowest BCUT2D eigenvalue weighted by molar-refractivity contribution is -0.122. The Hall–Kier alpha value is -3.20. The third-order valence-electron chi connectivity index (χ3n) is 4.79. The second-order valence-electron chi connectivity index (χ2n) is 6.85. The quantitative estimate of drug-likeness (QED) is 0.626. The minimum atomic E-state index is -0.651. The SMILES string of the molecule is Cc1cc(N2CC(C(=O)Nc3cccc(-c4noc(=O)[nH]4)c3)CC2=O)ccc1Br. The average molecular weight is 457 g/mol. The highest BCUT2D eigenvalue weighted by atomic mass is 79.9. The first kappa shape index (κ1) is 19.1. The Kier molecular flexibility index (Phi) is 5.06. The van der Waals surface area contributed by atoms with Crippen molar-refractivity contribution in [2.24, 2.45) is 5.92 Å². The molecule has 2 aromatic carbocycles. The monoisotopic (exact) mass is 456 g/mol. The molecule has 3 aromatic rings. The standard InChI is InChI=1S/C20H17BrN4O4/c1-11-7-15(5-6-16(11)21)25-10-13(9-17(25)26)19(27)22-14-4-2-3-12(8-14)18-23-20(28)29-24-18/h2-8,13H,9-10H2,1H3,(H,22,27)(H,23,24,28). The van der Waals surface area contributed by atoms with Gasteiger partial charge in [0.2, 0.25) is 11.8 Å². The van der Waals surface area contributed by atoms with Crippen molar-refractivity contribution in [3.05, 3.63) is 63.1 Å². The first-order valence-electron chi connectivity index (χ1n) is 8.94. The molecule has 0 bridgehead atoms. The molecule has 0 radical (unpaired) electrons. The highest BCUT2D eigenvalue weighted by molar-refractivity contribution is 9.10. The average Bonchev–Trinajstić information content (AvgIpc) is 3.30. The van der Waals surface area contributed by atoms with Crippen LogP contribution in [0.1, 0.15) is 12.0 Å². The maximum atomic E-state index is 12.7. The molecule has 1 fully saturated rings. The molecular weight excluding hydrogens is 440 g/mol. The van der Waals surface area contributed by atoms with Gasteiger partial charge in [0, 0.05) is 34.4 Å². The molecule has 1 aliphatic heterocycles. The number of carbonyl (C=O) groups is 2. The Morgan fingerprint density at radius 2 is 2.10 bits per heavy atom. The smallest absolute Gasteiger partial charge is 0.326 e. The number of aromatic nitrogens is 2. The van der Waals surface area contributed by atoms with E-state index in [-0.39, 0.29) is 24.1 Å². The summed E-state index contributed by atoms with van der Waals surface area (Å²) in [6.07, 6.45) is 0.150. The van der Waals surface area contributed by atoms with E-state index < -0.39 is 11.7 Å². The molecule has 0 aliphatic carbocycles. The zero-order valence-electron chi connectivity index (χ0n) is 15.4. The van der Waals surface area contributed by atoms with Gasteiger partial charge in [-0.15, -0.1) is 0 Å². The van der Waals surface area contributed by atoms with Gasteiger partial charge in [-0.25, -0.2) is 4.79 Å². The zero-order chi connectivity index (χ0) is 20.5. The molecule has 4 rings (SSSR count). The maximum absolute atomic E-state index is 12.7. The summed E-state index contributed by atoms with van der Waals surface area (Å²) in [6.45, 7) is 2.27. The first-order valence-corrected chi connectivity index (χ1v) is 9.74. The third kappa shape index (κ3) is 4.00. The number of rotatable bonds is 4. The van der Waals surface area contributed by atoms with Crippen molar-refractivity contribution in [2.45, 2.75) is 13.3 Å². The second kappa shape index (κ2) is 7.67. The topological polar surface area (TPSA) is 108 Å². The second-order valence-corrected chi connectivity index (χ2v) is 7.71. The predicted octanol–water partition coefficient (Wildman–Crippen LogP) is 3.09. The van der Waals surface area contributed by atoms with Crippen LogP contribution in [0.3, 0.4) is 0 Å². The van der Waals surface area contributed by atoms with E-state index in [4.69, 9.17) is 0 Å². The predicted molar refractivity (Wildman–Crippen MR) is 111 cm³/mol. The number of carbonyl (C=O) groups excluding carboxylic acids is 2. The molecule has 0 saturated carbocycles. The van der Waals surface area contributed by atoms with Crippen LogP contribution in [0.5, 0.6) is 0 Å². The van der Waals surface area contributed by atoms with Gasteiger partial charge in [-0.3, -0.25) is 19.1 Å². The molecule has 29 heavy (non-hydrogen) atoms. The van der Waals surface area contributed by atoms with E-state index in [9.17, 15) is 14.4 Å². The summed E-state index contributed by atoms with van der Waals surface area (Å²) in [7, 11) is 0. The van der Waals surface area contributed by atoms with E-state index >= 15 is 0 Å². The minimum Gasteiger partial charge on any atom is -0.326 e. The Morgan fingerprint density at radius 3 is 2.83 bits per heavy atom. The number of aryl methyl sites for hydroxylation is 1. The van der Waals surface area contributed by atoms with Gasteiger partial charge >= 0.3 is 5.76 Å². The van der Waals surface area contributed by atoms with Gasteiger partial charge in [0.25, 0.3) is 0 Å². The molecular formula is C20H17BrN4O4. The van der Waals surface area contributed by atoms with Crippen molar-refractivity contribution >= 4 is 39.1 Å². The maximum Gasteiger partial charge on any atom is 0.439 e. The van der Waals surface area contributed by atoms with Gasteiger partial charge in [0.15, 0.2) is 5.82 Å². The molecule has 1 saturated heterocycles. The Bertz CT molecular complexity index is 1150. The van der Waals surface area contributed by atoms with Crippen LogP contribution < -0.4 is 16.0 Å². The molecule has 2 heterocycles. The number of nitrogens with one attached hydrogen (secondary N) is 2. The normalized spacial score (nSPS) is 16.3. The summed E-state index contributed by atoms with van der Waals surface area (Å²) in [5, 5.41) is 6.48. The molecule has 1 aliphatic rings. The van der Waals surface area contributed by atoms with E-state index in [2.05, 4.69) is 35.9 Å². The van der Waals surface area contributed by atoms with Crippen molar-refractivity contribution in [3.8, 4) is 11.4 Å². The minimum absolute atomic E-state index is 0.0826. The van der Waals surface area contributed by atoms with Crippen molar-refractivity contribution < 1.29 is 14.1 Å².